The Morgan fingerprint density at radius 1 is 1.25 bits per heavy atom. The Morgan fingerprint density at radius 2 is 2.12 bits per heavy atom. The maximum Gasteiger partial charge on any atom is 0.264 e. The van der Waals surface area contributed by atoms with Crippen LogP contribution in [0.2, 0.25) is 0 Å². The molecule has 2 saturated heterocycles. The summed E-state index contributed by atoms with van der Waals surface area (Å²) >= 11 is 1.35. The molecule has 0 radical (unpaired) electrons. The van der Waals surface area contributed by atoms with E-state index in [1.807, 2.05) is 10.3 Å². The molecule has 1 aromatic carbocycles. The first kappa shape index (κ1) is 21.0. The number of hydrogen-bond donors (Lipinski definition) is 3. The molecule has 10 heteroatoms. The van der Waals surface area contributed by atoms with Gasteiger partial charge >= 0.3 is 0 Å². The van der Waals surface area contributed by atoms with Gasteiger partial charge < -0.3 is 20.3 Å². The second kappa shape index (κ2) is 9.35. The fourth-order valence-corrected chi connectivity index (χ4v) is 4.90. The monoisotopic (exact) mass is 456 g/mol. The third-order valence-electron chi connectivity index (χ3n) is 5.69. The summed E-state index contributed by atoms with van der Waals surface area (Å²) in [5, 5.41) is 9.26. The Morgan fingerprint density at radius 3 is 2.91 bits per heavy atom. The van der Waals surface area contributed by atoms with Crippen LogP contribution in [0, 0.1) is 5.82 Å². The minimum absolute atomic E-state index is 0.178. The molecule has 3 aromatic rings. The van der Waals surface area contributed by atoms with Gasteiger partial charge in [-0.1, -0.05) is 12.1 Å². The van der Waals surface area contributed by atoms with E-state index in [0.29, 0.717) is 59.9 Å². The Bertz CT molecular complexity index is 1140. The largest absolute Gasteiger partial charge is 0.378 e. The summed E-state index contributed by atoms with van der Waals surface area (Å²) in [7, 11) is 0. The maximum absolute atomic E-state index is 13.7. The van der Waals surface area contributed by atoms with Crippen LogP contribution in [0.5, 0.6) is 0 Å². The average Bonchev–Trinajstić information content (AvgIpc) is 3.30. The number of ether oxygens (including phenoxy) is 1. The molecular weight excluding hydrogens is 431 g/mol. The molecule has 0 amide bonds. The number of nitrogens with zero attached hydrogens (tertiary/aromatic N) is 3. The van der Waals surface area contributed by atoms with Gasteiger partial charge in [0, 0.05) is 36.6 Å². The molecule has 1 unspecified atom stereocenters. The van der Waals surface area contributed by atoms with Crippen molar-refractivity contribution < 1.29 is 9.13 Å². The highest BCUT2D eigenvalue weighted by Gasteiger charge is 2.23. The highest BCUT2D eigenvalue weighted by Crippen LogP contribution is 2.32. The molecule has 0 spiro atoms. The molecular formula is C22H25FN6O2S. The van der Waals surface area contributed by atoms with Gasteiger partial charge in [-0.3, -0.25) is 9.78 Å². The molecule has 5 rings (SSSR count). The molecule has 0 saturated carbocycles. The van der Waals surface area contributed by atoms with Gasteiger partial charge in [-0.25, -0.2) is 9.37 Å². The number of hydrogen-bond acceptors (Lipinski definition) is 8. The van der Waals surface area contributed by atoms with Crippen molar-refractivity contribution in [1.29, 1.82) is 0 Å². The summed E-state index contributed by atoms with van der Waals surface area (Å²) in [6.07, 6.45) is 2.06. The van der Waals surface area contributed by atoms with E-state index in [4.69, 9.17) is 9.72 Å². The molecule has 2 aliphatic rings. The lowest BCUT2D eigenvalue weighted by Crippen LogP contribution is -2.40. The minimum atomic E-state index is -0.321. The number of halogens is 1. The van der Waals surface area contributed by atoms with E-state index in [0.717, 1.165) is 25.9 Å². The molecule has 4 heterocycles. The van der Waals surface area contributed by atoms with Gasteiger partial charge in [0.15, 0.2) is 0 Å². The van der Waals surface area contributed by atoms with E-state index in [-0.39, 0.29) is 17.4 Å². The smallest absolute Gasteiger partial charge is 0.264 e. The van der Waals surface area contributed by atoms with Gasteiger partial charge in [-0.05, 0) is 31.5 Å². The molecule has 32 heavy (non-hydrogen) atoms. The predicted octanol–water partition coefficient (Wildman–Crippen LogP) is 2.70. The summed E-state index contributed by atoms with van der Waals surface area (Å²) in [5.41, 5.74) is 1.48. The number of thiazole rings is 1. The molecule has 2 fully saturated rings. The van der Waals surface area contributed by atoms with Gasteiger partial charge in [-0.15, -0.1) is 11.3 Å². The Balaban J connectivity index is 1.53. The number of piperidine rings is 1. The zero-order valence-electron chi connectivity index (χ0n) is 17.6. The number of anilines is 2. The van der Waals surface area contributed by atoms with Crippen LogP contribution in [-0.4, -0.2) is 60.4 Å². The van der Waals surface area contributed by atoms with E-state index in [2.05, 4.69) is 20.6 Å². The van der Waals surface area contributed by atoms with Crippen molar-refractivity contribution in [2.24, 2.45) is 0 Å². The van der Waals surface area contributed by atoms with Gasteiger partial charge in [0.25, 0.3) is 5.56 Å². The molecule has 1 atom stereocenters. The van der Waals surface area contributed by atoms with E-state index >= 15 is 0 Å². The third kappa shape index (κ3) is 4.52. The number of benzene rings is 1. The van der Waals surface area contributed by atoms with Gasteiger partial charge in [-0.2, -0.15) is 4.98 Å². The first-order valence-electron chi connectivity index (χ1n) is 10.8. The van der Waals surface area contributed by atoms with Crippen molar-refractivity contribution in [2.75, 3.05) is 49.6 Å². The predicted molar refractivity (Wildman–Crippen MR) is 124 cm³/mol. The topological polar surface area (TPSA) is 95.2 Å². The Hall–Kier alpha value is -2.82. The van der Waals surface area contributed by atoms with Crippen LogP contribution >= 0.6 is 11.3 Å². The van der Waals surface area contributed by atoms with Crippen LogP contribution < -0.4 is 21.1 Å². The van der Waals surface area contributed by atoms with Crippen LogP contribution in [0.1, 0.15) is 12.8 Å². The first-order valence-corrected chi connectivity index (χ1v) is 11.7. The molecule has 0 aliphatic carbocycles. The number of morpholine rings is 1. The Kier molecular flexibility index (Phi) is 6.15. The maximum atomic E-state index is 13.7. The molecule has 2 aliphatic heterocycles. The highest BCUT2D eigenvalue weighted by molar-refractivity contribution is 7.13. The summed E-state index contributed by atoms with van der Waals surface area (Å²) in [5.74, 6) is 0.748. The van der Waals surface area contributed by atoms with E-state index < -0.39 is 0 Å². The lowest BCUT2D eigenvalue weighted by molar-refractivity contribution is 0.122. The van der Waals surface area contributed by atoms with Crippen LogP contribution in [0.3, 0.4) is 0 Å². The first-order chi connectivity index (χ1) is 15.7. The second-order valence-corrected chi connectivity index (χ2v) is 8.81. The lowest BCUT2D eigenvalue weighted by Gasteiger charge is -2.29. The van der Waals surface area contributed by atoms with Gasteiger partial charge in [0.2, 0.25) is 5.95 Å². The molecule has 2 aromatic heterocycles. The number of aromatic amines is 1. The molecule has 8 nitrogen and oxygen atoms in total. The minimum Gasteiger partial charge on any atom is -0.378 e. The Labute approximate surface area is 188 Å². The van der Waals surface area contributed by atoms with Crippen molar-refractivity contribution in [3.8, 4) is 21.8 Å². The lowest BCUT2D eigenvalue weighted by atomic mass is 10.1. The van der Waals surface area contributed by atoms with Crippen molar-refractivity contribution >= 4 is 23.1 Å². The summed E-state index contributed by atoms with van der Waals surface area (Å²) in [4.78, 5) is 27.7. The summed E-state index contributed by atoms with van der Waals surface area (Å²) in [6.45, 7) is 4.36. The second-order valence-electron chi connectivity index (χ2n) is 7.95. The summed E-state index contributed by atoms with van der Waals surface area (Å²) in [6, 6.07) is 6.47. The number of nitrogens with one attached hydrogen (secondary N) is 3. The fourth-order valence-electron chi connectivity index (χ4n) is 4.03. The van der Waals surface area contributed by atoms with Gasteiger partial charge in [0.05, 0.1) is 18.9 Å². The number of rotatable bonds is 5. The fraction of sp³-hybridized carbons (Fsp3) is 0.409. The average molecular weight is 457 g/mol. The molecule has 168 valence electrons. The van der Waals surface area contributed by atoms with Crippen LogP contribution in [0.4, 0.5) is 16.2 Å². The van der Waals surface area contributed by atoms with Crippen molar-refractivity contribution in [3.63, 3.8) is 0 Å². The molecule has 3 N–H and O–H groups in total. The van der Waals surface area contributed by atoms with E-state index in [1.54, 1.807) is 12.1 Å². The van der Waals surface area contributed by atoms with Crippen molar-refractivity contribution in [2.45, 2.75) is 18.9 Å². The third-order valence-corrected chi connectivity index (χ3v) is 6.55. The SMILES string of the molecule is O=c1[nH]c(N2CCOCC2)nc(NC2CCCNC2)c1-c1nc(-c2cccc(F)c2)cs1. The van der Waals surface area contributed by atoms with Crippen LogP contribution in [0.25, 0.3) is 21.8 Å². The standard InChI is InChI=1S/C22H25FN6O2S/c23-15-4-1-3-14(11-15)17-13-32-21(26-17)18-19(25-16-5-2-6-24-12-16)27-22(28-20(18)30)29-7-9-31-10-8-29/h1,3-4,11,13,16,24H,2,5-10,12H2,(H2,25,27,28,30). The van der Waals surface area contributed by atoms with Gasteiger partial charge in [0.1, 0.15) is 22.2 Å². The molecule has 0 bridgehead atoms. The van der Waals surface area contributed by atoms with Crippen LogP contribution in [0.15, 0.2) is 34.4 Å². The normalized spacial score (nSPS) is 19.2. The quantitative estimate of drug-likeness (QED) is 0.543. The highest BCUT2D eigenvalue weighted by atomic mass is 32.1. The van der Waals surface area contributed by atoms with Crippen molar-refractivity contribution in [1.82, 2.24) is 20.3 Å². The number of aromatic nitrogens is 3. The zero-order chi connectivity index (χ0) is 21.9. The van der Waals surface area contributed by atoms with Crippen molar-refractivity contribution in [3.05, 3.63) is 45.8 Å². The van der Waals surface area contributed by atoms with E-state index in [1.165, 1.54) is 23.5 Å². The number of H-pyrrole nitrogens is 1. The summed E-state index contributed by atoms with van der Waals surface area (Å²) < 4.78 is 19.1. The van der Waals surface area contributed by atoms with E-state index in [9.17, 15) is 9.18 Å². The van der Waals surface area contributed by atoms with Crippen LogP contribution in [-0.2, 0) is 4.74 Å². The zero-order valence-corrected chi connectivity index (χ0v) is 18.4.